The quantitative estimate of drug-likeness (QED) is 0.806. The molecule has 0 bridgehead atoms. The number of hydrogen-bond acceptors (Lipinski definition) is 5. The first-order chi connectivity index (χ1) is 11.5. The van der Waals surface area contributed by atoms with E-state index in [-0.39, 0.29) is 17.5 Å². The topological polar surface area (TPSA) is 101 Å². The molecule has 1 unspecified atom stereocenters. The first kappa shape index (κ1) is 17.4. The third-order valence-electron chi connectivity index (χ3n) is 3.44. The van der Waals surface area contributed by atoms with Gasteiger partial charge in [-0.2, -0.15) is 0 Å². The number of aromatic nitrogens is 2. The molecule has 1 aromatic heterocycles. The van der Waals surface area contributed by atoms with E-state index in [0.29, 0.717) is 6.54 Å². The summed E-state index contributed by atoms with van der Waals surface area (Å²) >= 11 is 0. The molecule has 0 spiro atoms. The third-order valence-corrected chi connectivity index (χ3v) is 3.44. The van der Waals surface area contributed by atoms with E-state index in [1.165, 1.54) is 0 Å². The number of carboxylic acid groups (broad SMARTS) is 1. The molecule has 0 radical (unpaired) electrons. The number of carboxylic acids is 1. The number of carbonyl (C=O) groups is 2. The van der Waals surface area contributed by atoms with Crippen LogP contribution < -0.4 is 10.1 Å². The average Bonchev–Trinajstić information content (AvgIpc) is 2.60. The van der Waals surface area contributed by atoms with Crippen molar-refractivity contribution in [3.8, 4) is 5.75 Å². The second-order valence-electron chi connectivity index (χ2n) is 5.22. The second kappa shape index (κ2) is 8.05. The summed E-state index contributed by atoms with van der Waals surface area (Å²) in [5, 5.41) is 11.5. The molecule has 0 aliphatic rings. The first-order valence-electron chi connectivity index (χ1n) is 7.57. The molecule has 0 saturated heterocycles. The monoisotopic (exact) mass is 329 g/mol. The summed E-state index contributed by atoms with van der Waals surface area (Å²) < 4.78 is 5.90. The predicted molar refractivity (Wildman–Crippen MR) is 87.2 cm³/mol. The van der Waals surface area contributed by atoms with E-state index in [9.17, 15) is 9.59 Å². The number of hydrogen-bond donors (Lipinski definition) is 2. The normalized spacial score (nSPS) is 11.6. The lowest BCUT2D eigenvalue weighted by molar-refractivity contribution is 0.0689. The van der Waals surface area contributed by atoms with Crippen LogP contribution in [0.5, 0.6) is 5.75 Å². The van der Waals surface area contributed by atoms with Crippen LogP contribution in [-0.4, -0.2) is 39.6 Å². The Balaban J connectivity index is 1.93. The van der Waals surface area contributed by atoms with Crippen LogP contribution in [0.4, 0.5) is 0 Å². The Bertz CT molecular complexity index is 716. The summed E-state index contributed by atoms with van der Waals surface area (Å²) in [6.07, 6.45) is 2.74. The molecule has 24 heavy (non-hydrogen) atoms. The van der Waals surface area contributed by atoms with Crippen molar-refractivity contribution in [2.75, 3.05) is 6.54 Å². The lowest BCUT2D eigenvalue weighted by atomic mass is 10.2. The Labute approximate surface area is 139 Å². The van der Waals surface area contributed by atoms with Crippen molar-refractivity contribution in [1.29, 1.82) is 0 Å². The van der Waals surface area contributed by atoms with Crippen LogP contribution >= 0.6 is 0 Å². The SMILES string of the molecule is CCC(CNC(=O)c1cnc(C(=O)O)cn1)Oc1ccccc1C. The summed E-state index contributed by atoms with van der Waals surface area (Å²) in [4.78, 5) is 30.2. The van der Waals surface area contributed by atoms with Crippen LogP contribution in [0.3, 0.4) is 0 Å². The molecule has 2 aromatic rings. The number of rotatable bonds is 7. The van der Waals surface area contributed by atoms with Crippen LogP contribution in [0.1, 0.15) is 39.9 Å². The molecule has 1 aromatic carbocycles. The Hall–Kier alpha value is -2.96. The van der Waals surface area contributed by atoms with Crippen molar-refractivity contribution >= 4 is 11.9 Å². The predicted octanol–water partition coefficient (Wildman–Crippen LogP) is 2.07. The van der Waals surface area contributed by atoms with Gasteiger partial charge in [0.05, 0.1) is 18.9 Å². The highest BCUT2D eigenvalue weighted by molar-refractivity contribution is 5.92. The van der Waals surface area contributed by atoms with Gasteiger partial charge in [-0.15, -0.1) is 0 Å². The van der Waals surface area contributed by atoms with E-state index in [1.807, 2.05) is 38.1 Å². The molecule has 126 valence electrons. The fourth-order valence-corrected chi connectivity index (χ4v) is 1.99. The van der Waals surface area contributed by atoms with Gasteiger partial charge in [-0.25, -0.2) is 14.8 Å². The van der Waals surface area contributed by atoms with Crippen molar-refractivity contribution in [3.05, 3.63) is 53.6 Å². The molecule has 0 aliphatic carbocycles. The van der Waals surface area contributed by atoms with Crippen molar-refractivity contribution < 1.29 is 19.4 Å². The van der Waals surface area contributed by atoms with Crippen molar-refractivity contribution in [2.45, 2.75) is 26.4 Å². The number of nitrogens with zero attached hydrogens (tertiary/aromatic N) is 2. The fourth-order valence-electron chi connectivity index (χ4n) is 1.99. The van der Waals surface area contributed by atoms with Gasteiger partial charge in [-0.1, -0.05) is 25.1 Å². The van der Waals surface area contributed by atoms with Crippen LogP contribution in [0.15, 0.2) is 36.7 Å². The number of carbonyl (C=O) groups excluding carboxylic acids is 1. The summed E-state index contributed by atoms with van der Waals surface area (Å²) in [5.41, 5.74) is 0.879. The number of nitrogens with one attached hydrogen (secondary N) is 1. The van der Waals surface area contributed by atoms with Gasteiger partial charge >= 0.3 is 5.97 Å². The molecule has 2 N–H and O–H groups in total. The molecule has 1 atom stereocenters. The van der Waals surface area contributed by atoms with Crippen molar-refractivity contribution in [3.63, 3.8) is 0 Å². The van der Waals surface area contributed by atoms with E-state index < -0.39 is 11.9 Å². The van der Waals surface area contributed by atoms with Crippen LogP contribution in [0, 0.1) is 6.92 Å². The molecular formula is C17H19N3O4. The smallest absolute Gasteiger partial charge is 0.356 e. The number of benzene rings is 1. The Morgan fingerprint density at radius 2 is 1.88 bits per heavy atom. The zero-order valence-corrected chi connectivity index (χ0v) is 13.5. The number of para-hydroxylation sites is 1. The highest BCUT2D eigenvalue weighted by Gasteiger charge is 2.14. The molecular weight excluding hydrogens is 310 g/mol. The molecule has 0 fully saturated rings. The lowest BCUT2D eigenvalue weighted by Crippen LogP contribution is -2.35. The number of ether oxygens (including phenoxy) is 1. The van der Waals surface area contributed by atoms with Gasteiger partial charge in [0.2, 0.25) is 0 Å². The maximum atomic E-state index is 12.0. The van der Waals surface area contributed by atoms with Crippen LogP contribution in [0.2, 0.25) is 0 Å². The zero-order valence-electron chi connectivity index (χ0n) is 13.5. The second-order valence-corrected chi connectivity index (χ2v) is 5.22. The van der Waals surface area contributed by atoms with Crippen LogP contribution in [-0.2, 0) is 0 Å². The molecule has 7 nitrogen and oxygen atoms in total. The molecule has 7 heteroatoms. The Morgan fingerprint density at radius 3 is 2.46 bits per heavy atom. The minimum absolute atomic E-state index is 0.0609. The average molecular weight is 329 g/mol. The standard InChI is InChI=1S/C17H19N3O4/c1-3-12(24-15-7-5-4-6-11(15)2)8-20-16(21)13-9-19-14(10-18-13)17(22)23/h4-7,9-10,12H,3,8H2,1-2H3,(H,20,21)(H,22,23). The maximum absolute atomic E-state index is 12.0. The van der Waals surface area contributed by atoms with E-state index in [1.54, 1.807) is 0 Å². The Morgan fingerprint density at radius 1 is 1.21 bits per heavy atom. The zero-order chi connectivity index (χ0) is 17.5. The number of aryl methyl sites for hydroxylation is 1. The van der Waals surface area contributed by atoms with E-state index in [2.05, 4.69) is 15.3 Å². The van der Waals surface area contributed by atoms with Gasteiger partial charge in [0.1, 0.15) is 17.5 Å². The highest BCUT2D eigenvalue weighted by atomic mass is 16.5. The Kier molecular flexibility index (Phi) is 5.83. The molecule has 0 saturated carbocycles. The third kappa shape index (κ3) is 4.52. The molecule has 0 aliphatic heterocycles. The van der Waals surface area contributed by atoms with Gasteiger partial charge in [0.15, 0.2) is 5.69 Å². The van der Waals surface area contributed by atoms with E-state index in [4.69, 9.17) is 9.84 Å². The van der Waals surface area contributed by atoms with Gasteiger partial charge in [0, 0.05) is 0 Å². The van der Waals surface area contributed by atoms with Gasteiger partial charge in [0.25, 0.3) is 5.91 Å². The fraction of sp³-hybridized carbons (Fsp3) is 0.294. The molecule has 1 heterocycles. The van der Waals surface area contributed by atoms with Crippen LogP contribution in [0.25, 0.3) is 0 Å². The highest BCUT2D eigenvalue weighted by Crippen LogP contribution is 2.18. The molecule has 1 amide bonds. The van der Waals surface area contributed by atoms with Gasteiger partial charge < -0.3 is 15.2 Å². The van der Waals surface area contributed by atoms with E-state index in [0.717, 1.165) is 30.1 Å². The summed E-state index contributed by atoms with van der Waals surface area (Å²) in [6, 6.07) is 7.67. The van der Waals surface area contributed by atoms with Gasteiger partial charge in [-0.3, -0.25) is 4.79 Å². The minimum atomic E-state index is -1.19. The summed E-state index contributed by atoms with van der Waals surface area (Å²) in [6.45, 7) is 4.24. The maximum Gasteiger partial charge on any atom is 0.356 e. The van der Waals surface area contributed by atoms with Crippen molar-refractivity contribution in [2.24, 2.45) is 0 Å². The lowest BCUT2D eigenvalue weighted by Gasteiger charge is -2.19. The summed E-state index contributed by atoms with van der Waals surface area (Å²) in [5.74, 6) is -0.831. The summed E-state index contributed by atoms with van der Waals surface area (Å²) in [7, 11) is 0. The van der Waals surface area contributed by atoms with Gasteiger partial charge in [-0.05, 0) is 25.0 Å². The minimum Gasteiger partial charge on any atom is -0.488 e. The van der Waals surface area contributed by atoms with E-state index >= 15 is 0 Å². The largest absolute Gasteiger partial charge is 0.488 e. The van der Waals surface area contributed by atoms with Crippen molar-refractivity contribution in [1.82, 2.24) is 15.3 Å². The molecule has 2 rings (SSSR count). The number of amides is 1. The first-order valence-corrected chi connectivity index (χ1v) is 7.57. The number of aromatic carboxylic acids is 1.